The quantitative estimate of drug-likeness (QED) is 0.316. The Morgan fingerprint density at radius 2 is 1.88 bits per heavy atom. The van der Waals surface area contributed by atoms with Gasteiger partial charge in [0.25, 0.3) is 0 Å². The number of amides is 2. The molecule has 1 aliphatic rings. The molecule has 0 aliphatic carbocycles. The minimum atomic E-state index is -4.62. The summed E-state index contributed by atoms with van der Waals surface area (Å²) in [6.07, 6.45) is -2.76. The second kappa shape index (κ2) is 12.1. The van der Waals surface area contributed by atoms with Gasteiger partial charge in [0.05, 0.1) is 12.7 Å². The summed E-state index contributed by atoms with van der Waals surface area (Å²) in [7, 11) is 3.08. The molecule has 2 atom stereocenters. The molecule has 11 heteroatoms. The SMILES string of the molecule is CCC(CCNC)(Oc1ccc(NC(=O)N2CCc3cc(OC)c(C(F)(F)F)cc32)nn1)C(C)c1ccccc1. The van der Waals surface area contributed by atoms with E-state index >= 15 is 0 Å². The lowest BCUT2D eigenvalue weighted by atomic mass is 9.79. The second-order valence-corrected chi connectivity index (χ2v) is 9.77. The third-order valence-corrected chi connectivity index (χ3v) is 7.52. The van der Waals surface area contributed by atoms with Crippen molar-refractivity contribution in [1.29, 1.82) is 0 Å². The predicted molar refractivity (Wildman–Crippen MR) is 147 cm³/mol. The van der Waals surface area contributed by atoms with Crippen molar-refractivity contribution in [1.82, 2.24) is 15.5 Å². The van der Waals surface area contributed by atoms with Crippen molar-refractivity contribution in [2.24, 2.45) is 0 Å². The largest absolute Gasteiger partial charge is 0.496 e. The lowest BCUT2D eigenvalue weighted by Crippen LogP contribution is -2.43. The van der Waals surface area contributed by atoms with Gasteiger partial charge in [-0.05, 0) is 55.8 Å². The van der Waals surface area contributed by atoms with E-state index in [9.17, 15) is 18.0 Å². The van der Waals surface area contributed by atoms with Gasteiger partial charge >= 0.3 is 12.2 Å². The first kappa shape index (κ1) is 29.1. The Morgan fingerprint density at radius 1 is 1.12 bits per heavy atom. The van der Waals surface area contributed by atoms with Crippen LogP contribution in [-0.4, -0.2) is 49.1 Å². The van der Waals surface area contributed by atoms with Crippen LogP contribution in [0.5, 0.6) is 11.6 Å². The molecule has 1 aliphatic heterocycles. The fourth-order valence-corrected chi connectivity index (χ4v) is 5.14. The number of carbonyl (C=O) groups excluding carboxylic acids is 1. The maximum absolute atomic E-state index is 13.5. The number of alkyl halides is 3. The summed E-state index contributed by atoms with van der Waals surface area (Å²) < 4.78 is 52.0. The minimum absolute atomic E-state index is 0.0590. The Hall–Kier alpha value is -3.86. The molecule has 1 aromatic heterocycles. The molecule has 0 saturated carbocycles. The van der Waals surface area contributed by atoms with Crippen molar-refractivity contribution in [3.63, 3.8) is 0 Å². The monoisotopic (exact) mass is 557 g/mol. The van der Waals surface area contributed by atoms with Gasteiger partial charge in [-0.15, -0.1) is 10.2 Å². The van der Waals surface area contributed by atoms with E-state index in [-0.39, 0.29) is 29.7 Å². The third kappa shape index (κ3) is 6.14. The highest BCUT2D eigenvalue weighted by molar-refractivity contribution is 6.02. The zero-order valence-corrected chi connectivity index (χ0v) is 23.0. The number of hydrogen-bond donors (Lipinski definition) is 2. The number of urea groups is 1. The van der Waals surface area contributed by atoms with Crippen LogP contribution in [0.3, 0.4) is 0 Å². The van der Waals surface area contributed by atoms with Crippen LogP contribution < -0.4 is 25.0 Å². The van der Waals surface area contributed by atoms with Crippen molar-refractivity contribution in [3.8, 4) is 11.6 Å². The van der Waals surface area contributed by atoms with E-state index in [2.05, 4.69) is 46.8 Å². The Kier molecular flexibility index (Phi) is 8.82. The third-order valence-electron chi connectivity index (χ3n) is 7.52. The smallest absolute Gasteiger partial charge is 0.420 e. The molecule has 2 unspecified atom stereocenters. The molecular weight excluding hydrogens is 523 g/mol. The first-order chi connectivity index (χ1) is 19.1. The molecule has 0 spiro atoms. The fraction of sp³-hybridized carbons (Fsp3) is 0.414. The number of benzene rings is 2. The van der Waals surface area contributed by atoms with Crippen molar-refractivity contribution in [2.45, 2.75) is 50.8 Å². The van der Waals surface area contributed by atoms with Gasteiger partial charge in [0.1, 0.15) is 11.4 Å². The van der Waals surface area contributed by atoms with Gasteiger partial charge in [-0.3, -0.25) is 10.2 Å². The van der Waals surface area contributed by atoms with Crippen LogP contribution in [-0.2, 0) is 12.6 Å². The summed E-state index contributed by atoms with van der Waals surface area (Å²) in [6.45, 7) is 5.17. The number of ether oxygens (including phenoxy) is 2. The van der Waals surface area contributed by atoms with Gasteiger partial charge in [0.2, 0.25) is 5.88 Å². The van der Waals surface area contributed by atoms with E-state index in [1.807, 2.05) is 25.2 Å². The second-order valence-electron chi connectivity index (χ2n) is 9.77. The molecule has 8 nitrogen and oxygen atoms in total. The summed E-state index contributed by atoms with van der Waals surface area (Å²) in [5.74, 6) is 0.258. The van der Waals surface area contributed by atoms with Gasteiger partial charge in [-0.1, -0.05) is 44.2 Å². The molecule has 0 radical (unpaired) electrons. The van der Waals surface area contributed by atoms with Crippen molar-refractivity contribution < 1.29 is 27.4 Å². The normalized spacial score (nSPS) is 15.2. The zero-order valence-electron chi connectivity index (χ0n) is 23.0. The molecule has 3 aromatic rings. The topological polar surface area (TPSA) is 88.6 Å². The Morgan fingerprint density at radius 3 is 2.48 bits per heavy atom. The van der Waals surface area contributed by atoms with E-state index < -0.39 is 23.4 Å². The minimum Gasteiger partial charge on any atom is -0.496 e. The van der Waals surface area contributed by atoms with E-state index in [1.165, 1.54) is 18.1 Å². The highest BCUT2D eigenvalue weighted by Gasteiger charge is 2.39. The lowest BCUT2D eigenvalue weighted by Gasteiger charge is -2.39. The van der Waals surface area contributed by atoms with Crippen LogP contribution in [0.1, 0.15) is 49.3 Å². The van der Waals surface area contributed by atoms with E-state index in [4.69, 9.17) is 9.47 Å². The maximum atomic E-state index is 13.5. The zero-order chi connectivity index (χ0) is 28.9. The van der Waals surface area contributed by atoms with Crippen LogP contribution in [0, 0.1) is 0 Å². The summed E-state index contributed by atoms with van der Waals surface area (Å²) in [5.41, 5.74) is 0.442. The molecule has 2 amide bonds. The average molecular weight is 558 g/mol. The summed E-state index contributed by atoms with van der Waals surface area (Å²) >= 11 is 0. The number of methoxy groups -OCH3 is 1. The lowest BCUT2D eigenvalue weighted by molar-refractivity contribution is -0.138. The summed E-state index contributed by atoms with van der Waals surface area (Å²) in [5, 5.41) is 14.1. The van der Waals surface area contributed by atoms with Crippen molar-refractivity contribution >= 4 is 17.5 Å². The molecule has 0 fully saturated rings. The number of nitrogens with one attached hydrogen (secondary N) is 2. The first-order valence-electron chi connectivity index (χ1n) is 13.2. The summed E-state index contributed by atoms with van der Waals surface area (Å²) in [6, 6.07) is 15.0. The Labute approximate surface area is 231 Å². The number of halogens is 3. The first-order valence-corrected chi connectivity index (χ1v) is 13.2. The fourth-order valence-electron chi connectivity index (χ4n) is 5.14. The number of hydrogen-bond acceptors (Lipinski definition) is 6. The molecule has 4 rings (SSSR count). The number of aromatic nitrogens is 2. The highest BCUT2D eigenvalue weighted by atomic mass is 19.4. The molecule has 0 bridgehead atoms. The Bertz CT molecular complexity index is 1300. The molecule has 2 N–H and O–H groups in total. The van der Waals surface area contributed by atoms with E-state index in [0.29, 0.717) is 17.9 Å². The highest BCUT2D eigenvalue weighted by Crippen LogP contribution is 2.42. The molecule has 0 saturated heterocycles. The molecule has 214 valence electrons. The number of rotatable bonds is 10. The number of carbonyl (C=O) groups is 1. The average Bonchev–Trinajstić information content (AvgIpc) is 3.38. The van der Waals surface area contributed by atoms with Gasteiger partial charge in [0.15, 0.2) is 5.82 Å². The van der Waals surface area contributed by atoms with Crippen LogP contribution in [0.2, 0.25) is 0 Å². The van der Waals surface area contributed by atoms with Gasteiger partial charge in [-0.2, -0.15) is 13.2 Å². The van der Waals surface area contributed by atoms with Crippen molar-refractivity contribution in [3.05, 3.63) is 71.3 Å². The molecule has 40 heavy (non-hydrogen) atoms. The van der Waals surface area contributed by atoms with Gasteiger partial charge < -0.3 is 14.8 Å². The van der Waals surface area contributed by atoms with Gasteiger partial charge in [0, 0.05) is 30.6 Å². The van der Waals surface area contributed by atoms with Crippen LogP contribution >= 0.6 is 0 Å². The molecule has 2 aromatic carbocycles. The van der Waals surface area contributed by atoms with Crippen LogP contribution in [0.25, 0.3) is 0 Å². The number of fused-ring (bicyclic) bond motifs is 1. The molecular formula is C29H34F3N5O3. The van der Waals surface area contributed by atoms with Crippen LogP contribution in [0.4, 0.5) is 29.5 Å². The summed E-state index contributed by atoms with van der Waals surface area (Å²) in [4.78, 5) is 14.3. The Balaban J connectivity index is 1.50. The van der Waals surface area contributed by atoms with E-state index in [1.54, 1.807) is 12.1 Å². The predicted octanol–water partition coefficient (Wildman–Crippen LogP) is 6.04. The standard InChI is InChI=1S/C29H34F3N5O3/c1-5-28(14-15-33-3,19(2)20-9-7-6-8-10-20)40-26-12-11-25(35-36-26)34-27(38)37-16-13-21-17-24(39-4)22(18-23(21)37)29(30,31)32/h6-12,17-19,33H,5,13-16H2,1-4H3,(H,34,35,38). The van der Waals surface area contributed by atoms with Crippen molar-refractivity contribution in [2.75, 3.05) is 37.5 Å². The van der Waals surface area contributed by atoms with Crippen LogP contribution in [0.15, 0.2) is 54.6 Å². The van der Waals surface area contributed by atoms with Gasteiger partial charge in [-0.25, -0.2) is 4.79 Å². The van der Waals surface area contributed by atoms with E-state index in [0.717, 1.165) is 31.0 Å². The molecule has 2 heterocycles. The number of nitrogens with zero attached hydrogens (tertiary/aromatic N) is 3. The number of anilines is 2. The maximum Gasteiger partial charge on any atom is 0.420 e.